The van der Waals surface area contributed by atoms with Gasteiger partial charge >= 0.3 is 24.3 Å². The molecule has 3 N–H and O–H groups in total. The van der Waals surface area contributed by atoms with Crippen molar-refractivity contribution in [3.8, 4) is 0 Å². The van der Waals surface area contributed by atoms with Crippen molar-refractivity contribution in [1.29, 1.82) is 0 Å². The molecule has 1 aliphatic heterocycles. The van der Waals surface area contributed by atoms with Crippen molar-refractivity contribution in [3.63, 3.8) is 0 Å². The van der Waals surface area contributed by atoms with E-state index in [1.165, 1.54) is 16.8 Å². The van der Waals surface area contributed by atoms with Gasteiger partial charge in [0.05, 0.1) is 24.1 Å². The number of hydrogen-bond acceptors (Lipinski definition) is 7. The molecular formula is C29H28F5N5O7. The zero-order valence-corrected chi connectivity index (χ0v) is 23.9. The average molecular weight is 654 g/mol. The Kier molecular flexibility index (Phi) is 8.61. The number of carbonyl (C=O) groups excluding carboxylic acids is 2. The number of aliphatic carboxylic acids is 1. The first-order valence-corrected chi connectivity index (χ1v) is 14.2. The molecule has 1 unspecified atom stereocenters. The molecule has 3 amide bonds. The van der Waals surface area contributed by atoms with Gasteiger partial charge in [-0.25, -0.2) is 32.8 Å². The van der Waals surface area contributed by atoms with Crippen LogP contribution >= 0.6 is 0 Å². The van der Waals surface area contributed by atoms with Crippen LogP contribution in [0.25, 0.3) is 5.65 Å². The van der Waals surface area contributed by atoms with Crippen LogP contribution in [0.2, 0.25) is 0 Å². The van der Waals surface area contributed by atoms with Gasteiger partial charge in [0.1, 0.15) is 12.6 Å². The SMILES string of the molecule is O=C(N[C@H](c1cn2ncc(CC3(C(=O)O)C[C@@H](C(F)(F)F)N(C(=O)O)C3=O)cc2n1)C1CCC(F)(F)CC1)OCc1ccccc1. The van der Waals surface area contributed by atoms with Crippen LogP contribution in [-0.2, 0) is 27.4 Å². The van der Waals surface area contributed by atoms with Gasteiger partial charge in [0.2, 0.25) is 11.8 Å². The van der Waals surface area contributed by atoms with Crippen molar-refractivity contribution in [2.24, 2.45) is 11.3 Å². The summed E-state index contributed by atoms with van der Waals surface area (Å²) in [6.07, 6.45) is -8.67. The molecule has 3 aromatic rings. The van der Waals surface area contributed by atoms with Crippen LogP contribution in [0.15, 0.2) is 48.8 Å². The molecule has 12 nitrogen and oxygen atoms in total. The van der Waals surface area contributed by atoms with Crippen molar-refractivity contribution in [2.75, 3.05) is 0 Å². The van der Waals surface area contributed by atoms with Gasteiger partial charge in [-0.1, -0.05) is 30.3 Å². The maximum absolute atomic E-state index is 14.0. The van der Waals surface area contributed by atoms with Crippen LogP contribution in [0.1, 0.15) is 55.0 Å². The highest BCUT2D eigenvalue weighted by Crippen LogP contribution is 2.46. The second kappa shape index (κ2) is 12.2. The van der Waals surface area contributed by atoms with Gasteiger partial charge < -0.3 is 20.3 Å². The number of ether oxygens (including phenoxy) is 1. The van der Waals surface area contributed by atoms with Crippen molar-refractivity contribution >= 4 is 29.7 Å². The number of halogens is 5. The lowest BCUT2D eigenvalue weighted by Gasteiger charge is -2.33. The van der Waals surface area contributed by atoms with Crippen molar-refractivity contribution in [2.45, 2.75) is 69.3 Å². The van der Waals surface area contributed by atoms with E-state index in [1.807, 2.05) is 0 Å². The number of amides is 3. The van der Waals surface area contributed by atoms with Gasteiger partial charge in [-0.3, -0.25) is 9.59 Å². The van der Waals surface area contributed by atoms with E-state index in [2.05, 4.69) is 15.4 Å². The second-order valence-corrected chi connectivity index (χ2v) is 11.5. The normalized spacial score (nSPS) is 22.5. The highest BCUT2D eigenvalue weighted by molar-refractivity contribution is 6.09. The third-order valence-corrected chi connectivity index (χ3v) is 8.41. The van der Waals surface area contributed by atoms with Crippen LogP contribution in [-0.4, -0.2) is 71.9 Å². The first-order valence-electron chi connectivity index (χ1n) is 14.2. The van der Waals surface area contributed by atoms with E-state index < -0.39 is 90.2 Å². The minimum atomic E-state index is -5.21. The molecule has 17 heteroatoms. The number of likely N-dealkylation sites (tertiary alicyclic amines) is 1. The fourth-order valence-electron chi connectivity index (χ4n) is 6.02. The number of hydrogen-bond donors (Lipinski definition) is 3. The molecule has 3 atom stereocenters. The number of aromatic nitrogens is 3. The number of carboxylic acids is 1. The number of carboxylic acid groups (broad SMARTS) is 2. The number of alkyl halides is 5. The van der Waals surface area contributed by atoms with Crippen molar-refractivity contribution in [3.05, 3.63) is 65.6 Å². The van der Waals surface area contributed by atoms with Gasteiger partial charge in [0.15, 0.2) is 11.1 Å². The lowest BCUT2D eigenvalue weighted by Crippen LogP contribution is -2.47. The predicted octanol–water partition coefficient (Wildman–Crippen LogP) is 4.98. The molecule has 1 saturated carbocycles. The van der Waals surface area contributed by atoms with E-state index in [0.29, 0.717) is 5.56 Å². The molecule has 1 aromatic carbocycles. The number of imidazole rings is 1. The maximum atomic E-state index is 14.0. The van der Waals surface area contributed by atoms with Crippen LogP contribution in [0.5, 0.6) is 0 Å². The first-order chi connectivity index (χ1) is 21.6. The maximum Gasteiger partial charge on any atom is 0.414 e. The summed E-state index contributed by atoms with van der Waals surface area (Å²) in [5.74, 6) is -7.00. The largest absolute Gasteiger partial charge is 0.480 e. The average Bonchev–Trinajstić information content (AvgIpc) is 3.54. The zero-order chi connectivity index (χ0) is 33.4. The van der Waals surface area contributed by atoms with Gasteiger partial charge in [0.25, 0.3) is 0 Å². The van der Waals surface area contributed by atoms with Crippen LogP contribution in [0, 0.1) is 11.3 Å². The molecule has 46 heavy (non-hydrogen) atoms. The Morgan fingerprint density at radius 2 is 1.76 bits per heavy atom. The predicted molar refractivity (Wildman–Crippen MR) is 145 cm³/mol. The Bertz CT molecular complexity index is 1640. The number of nitrogens with zero attached hydrogens (tertiary/aromatic N) is 4. The van der Waals surface area contributed by atoms with Crippen LogP contribution < -0.4 is 5.32 Å². The Morgan fingerprint density at radius 3 is 2.35 bits per heavy atom. The lowest BCUT2D eigenvalue weighted by molar-refractivity contribution is -0.175. The second-order valence-electron chi connectivity index (χ2n) is 11.5. The summed E-state index contributed by atoms with van der Waals surface area (Å²) in [5, 5.41) is 26.0. The van der Waals surface area contributed by atoms with Crippen LogP contribution in [0.4, 0.5) is 31.5 Å². The standard InChI is InChI=1S/C29H28F5N5O7/c30-28(31)8-6-18(7-9-28)22(37-25(43)46-15-16-4-2-1-3-5-16)19-14-38-21(36-19)10-17(13-35-38)11-27(24(41)42)12-20(29(32,33)34)39(23(27)40)26(44)45/h1-5,10,13-14,18,20,22H,6-9,11-12,15H2,(H,37,43)(H,41,42)(H,44,45)/t20-,22-,27?/m0/s1. The number of nitrogens with one attached hydrogen (secondary N) is 1. The molecule has 2 fully saturated rings. The summed E-state index contributed by atoms with van der Waals surface area (Å²) in [6.45, 7) is -0.0588. The minimum Gasteiger partial charge on any atom is -0.480 e. The third kappa shape index (κ3) is 6.57. The Balaban J connectivity index is 1.42. The number of alkyl carbamates (subject to hydrolysis) is 1. The monoisotopic (exact) mass is 653 g/mol. The number of imide groups is 1. The molecule has 2 aliphatic rings. The van der Waals surface area contributed by atoms with Gasteiger partial charge in [-0.05, 0) is 42.4 Å². The van der Waals surface area contributed by atoms with E-state index in [9.17, 15) is 51.3 Å². The molecule has 3 heterocycles. The Morgan fingerprint density at radius 1 is 1.09 bits per heavy atom. The number of fused-ring (bicyclic) bond motifs is 1. The van der Waals surface area contributed by atoms with Crippen molar-refractivity contribution in [1.82, 2.24) is 24.8 Å². The molecule has 0 spiro atoms. The highest BCUT2D eigenvalue weighted by atomic mass is 19.4. The first kappa shape index (κ1) is 32.6. The van der Waals surface area contributed by atoms with Gasteiger partial charge in [-0.15, -0.1) is 0 Å². The van der Waals surface area contributed by atoms with E-state index in [1.54, 1.807) is 30.3 Å². The lowest BCUT2D eigenvalue weighted by atomic mass is 9.79. The fourth-order valence-corrected chi connectivity index (χ4v) is 6.02. The third-order valence-electron chi connectivity index (χ3n) is 8.41. The van der Waals surface area contributed by atoms with Gasteiger partial charge in [-0.2, -0.15) is 18.3 Å². The summed E-state index contributed by atoms with van der Waals surface area (Å²) in [7, 11) is 0. The molecular weight excluding hydrogens is 625 g/mol. The fraction of sp³-hybridized carbons (Fsp3) is 0.448. The summed E-state index contributed by atoms with van der Waals surface area (Å²) in [6, 6.07) is 6.31. The molecule has 1 aliphatic carbocycles. The van der Waals surface area contributed by atoms with E-state index in [0.717, 1.165) is 6.20 Å². The Hall–Kier alpha value is -4.83. The summed E-state index contributed by atoms with van der Waals surface area (Å²) < 4.78 is 75.4. The Labute approximate surface area is 257 Å². The highest BCUT2D eigenvalue weighted by Gasteiger charge is 2.65. The zero-order valence-electron chi connectivity index (χ0n) is 23.9. The quantitative estimate of drug-likeness (QED) is 0.225. The molecule has 1 saturated heterocycles. The summed E-state index contributed by atoms with van der Waals surface area (Å²) in [5.41, 5.74) is -1.82. The summed E-state index contributed by atoms with van der Waals surface area (Å²) in [4.78, 5) is 53.4. The number of carbonyl (C=O) groups is 4. The van der Waals surface area contributed by atoms with E-state index in [4.69, 9.17) is 4.74 Å². The topological polar surface area (TPSA) is 163 Å². The van der Waals surface area contributed by atoms with Crippen molar-refractivity contribution < 1.29 is 56.1 Å². The number of benzene rings is 1. The van der Waals surface area contributed by atoms with Gasteiger partial charge in [0, 0.05) is 19.3 Å². The molecule has 0 bridgehead atoms. The molecule has 246 valence electrons. The number of rotatable bonds is 8. The minimum absolute atomic E-state index is 0.0300. The van der Waals surface area contributed by atoms with E-state index >= 15 is 0 Å². The molecule has 0 radical (unpaired) electrons. The molecule has 2 aromatic heterocycles. The smallest absolute Gasteiger partial charge is 0.414 e. The van der Waals surface area contributed by atoms with E-state index in [-0.39, 0.29) is 36.4 Å². The van der Waals surface area contributed by atoms with Crippen LogP contribution in [0.3, 0.4) is 0 Å². The summed E-state index contributed by atoms with van der Waals surface area (Å²) >= 11 is 0. The molecule has 5 rings (SSSR count).